The molecule has 0 saturated carbocycles. The first-order chi connectivity index (χ1) is 12.9. The number of likely N-dealkylation sites (tertiary alicyclic amines) is 1. The highest BCUT2D eigenvalue weighted by Gasteiger charge is 2.32. The maximum absolute atomic E-state index is 12.7. The number of anilines is 1. The summed E-state index contributed by atoms with van der Waals surface area (Å²) in [6.45, 7) is 1.12. The number of carbonyl (C=O) groups is 2. The summed E-state index contributed by atoms with van der Waals surface area (Å²) in [5.74, 6) is 0.304. The first kappa shape index (κ1) is 18.8. The summed E-state index contributed by atoms with van der Waals surface area (Å²) in [7, 11) is 7.13. The molecule has 0 N–H and O–H groups in total. The molecule has 2 aromatic heterocycles. The van der Waals surface area contributed by atoms with Crippen molar-refractivity contribution < 1.29 is 9.59 Å². The molecule has 1 aliphatic heterocycles. The molecule has 0 bridgehead atoms. The molecule has 0 radical (unpaired) electrons. The van der Waals surface area contributed by atoms with Gasteiger partial charge in [0.1, 0.15) is 5.69 Å². The minimum Gasteiger partial charge on any atom is -0.347 e. The van der Waals surface area contributed by atoms with Crippen molar-refractivity contribution in [3.8, 4) is 0 Å². The average molecular weight is 368 g/mol. The topological polar surface area (TPSA) is 82.5 Å². The molecule has 1 atom stereocenters. The van der Waals surface area contributed by atoms with Crippen molar-refractivity contribution in [3.63, 3.8) is 0 Å². The van der Waals surface area contributed by atoms with Crippen LogP contribution in [0, 0.1) is 0 Å². The number of carbonyl (C=O) groups excluding carboxylic acids is 2. The molecule has 1 saturated heterocycles. The molecule has 8 nitrogen and oxygen atoms in total. The Kier molecular flexibility index (Phi) is 5.34. The summed E-state index contributed by atoms with van der Waals surface area (Å²) in [4.78, 5) is 43.4. The monoisotopic (exact) mass is 368 g/mol. The van der Waals surface area contributed by atoms with Crippen LogP contribution >= 0.6 is 0 Å². The van der Waals surface area contributed by atoms with Gasteiger partial charge in [-0.1, -0.05) is 6.07 Å². The van der Waals surface area contributed by atoms with E-state index in [1.807, 2.05) is 14.1 Å². The second-order valence-electron chi connectivity index (χ2n) is 7.01. The van der Waals surface area contributed by atoms with Crippen molar-refractivity contribution >= 4 is 17.8 Å². The lowest BCUT2D eigenvalue weighted by Crippen LogP contribution is -2.30. The third-order valence-electron chi connectivity index (χ3n) is 4.59. The molecule has 27 heavy (non-hydrogen) atoms. The van der Waals surface area contributed by atoms with Gasteiger partial charge in [-0.05, 0) is 18.6 Å². The fourth-order valence-electron chi connectivity index (χ4n) is 3.14. The highest BCUT2D eigenvalue weighted by atomic mass is 16.2. The average Bonchev–Trinajstić information content (AvgIpc) is 3.17. The molecule has 8 heteroatoms. The van der Waals surface area contributed by atoms with E-state index < -0.39 is 0 Å². The molecule has 3 rings (SSSR count). The molecule has 1 aliphatic rings. The van der Waals surface area contributed by atoms with Crippen molar-refractivity contribution in [3.05, 3.63) is 47.5 Å². The number of amides is 2. The number of pyridine rings is 1. The number of nitrogens with zero attached hydrogens (tertiary/aromatic N) is 6. The minimum absolute atomic E-state index is 0.0155. The molecule has 0 aliphatic carbocycles. The Hall–Kier alpha value is -3.03. The van der Waals surface area contributed by atoms with Crippen molar-refractivity contribution in [1.82, 2.24) is 24.8 Å². The molecule has 2 amide bonds. The fraction of sp³-hybridized carbons (Fsp3) is 0.421. The van der Waals surface area contributed by atoms with Crippen LogP contribution in [-0.2, 0) is 0 Å². The third kappa shape index (κ3) is 3.89. The number of hydrogen-bond acceptors (Lipinski definition) is 6. The lowest BCUT2D eigenvalue weighted by atomic mass is 9.99. The van der Waals surface area contributed by atoms with Gasteiger partial charge in [-0.3, -0.25) is 14.6 Å². The molecular formula is C19H24N6O2. The zero-order chi connectivity index (χ0) is 19.6. The number of aromatic nitrogens is 3. The summed E-state index contributed by atoms with van der Waals surface area (Å²) in [5.41, 5.74) is 1.62. The summed E-state index contributed by atoms with van der Waals surface area (Å²) in [5, 5.41) is 0. The van der Waals surface area contributed by atoms with Crippen LogP contribution in [0.15, 0.2) is 30.6 Å². The van der Waals surface area contributed by atoms with Crippen LogP contribution in [0.1, 0.15) is 38.9 Å². The summed E-state index contributed by atoms with van der Waals surface area (Å²) >= 11 is 0. The zero-order valence-electron chi connectivity index (χ0n) is 16.1. The summed E-state index contributed by atoms with van der Waals surface area (Å²) < 4.78 is 0. The molecule has 1 fully saturated rings. The van der Waals surface area contributed by atoms with Crippen LogP contribution in [0.2, 0.25) is 0 Å². The quantitative estimate of drug-likeness (QED) is 0.808. The Morgan fingerprint density at radius 1 is 1.15 bits per heavy atom. The summed E-state index contributed by atoms with van der Waals surface area (Å²) in [6.07, 6.45) is 3.95. The van der Waals surface area contributed by atoms with Crippen LogP contribution in [-0.4, -0.2) is 77.8 Å². The van der Waals surface area contributed by atoms with Crippen molar-refractivity contribution in [2.45, 2.75) is 12.3 Å². The van der Waals surface area contributed by atoms with E-state index in [9.17, 15) is 9.59 Å². The van der Waals surface area contributed by atoms with Gasteiger partial charge in [-0.2, -0.15) is 0 Å². The van der Waals surface area contributed by atoms with Gasteiger partial charge in [0.25, 0.3) is 11.8 Å². The molecular weight excluding hydrogens is 344 g/mol. The molecule has 2 aromatic rings. The van der Waals surface area contributed by atoms with E-state index in [0.717, 1.165) is 6.42 Å². The van der Waals surface area contributed by atoms with E-state index in [4.69, 9.17) is 0 Å². The van der Waals surface area contributed by atoms with E-state index in [1.165, 1.54) is 4.90 Å². The number of rotatable bonds is 4. The zero-order valence-corrected chi connectivity index (χ0v) is 16.1. The van der Waals surface area contributed by atoms with Gasteiger partial charge >= 0.3 is 0 Å². The van der Waals surface area contributed by atoms with Gasteiger partial charge in [0.2, 0.25) is 5.95 Å². The SMILES string of the molecule is CN(C)C(=O)c1cnc(N(C)C)nc1C1CCN(C(=O)c2ccccn2)C1. The van der Waals surface area contributed by atoms with E-state index in [0.29, 0.717) is 36.0 Å². The highest BCUT2D eigenvalue weighted by molar-refractivity contribution is 5.95. The van der Waals surface area contributed by atoms with Crippen molar-refractivity contribution in [2.75, 3.05) is 46.2 Å². The highest BCUT2D eigenvalue weighted by Crippen LogP contribution is 2.30. The maximum Gasteiger partial charge on any atom is 0.272 e. The van der Waals surface area contributed by atoms with Crippen molar-refractivity contribution in [1.29, 1.82) is 0 Å². The predicted molar refractivity (Wildman–Crippen MR) is 102 cm³/mol. The smallest absolute Gasteiger partial charge is 0.272 e. The van der Waals surface area contributed by atoms with E-state index in [-0.39, 0.29) is 17.7 Å². The van der Waals surface area contributed by atoms with Crippen molar-refractivity contribution in [2.24, 2.45) is 0 Å². The maximum atomic E-state index is 12.7. The normalized spacial score (nSPS) is 16.3. The van der Waals surface area contributed by atoms with Crippen LogP contribution in [0.5, 0.6) is 0 Å². The van der Waals surface area contributed by atoms with E-state index in [1.54, 1.807) is 54.5 Å². The van der Waals surface area contributed by atoms with E-state index in [2.05, 4.69) is 15.0 Å². The second-order valence-corrected chi connectivity index (χ2v) is 7.01. The molecule has 3 heterocycles. The largest absolute Gasteiger partial charge is 0.347 e. The molecule has 142 valence electrons. The Bertz CT molecular complexity index is 837. The predicted octanol–water partition coefficient (Wildman–Crippen LogP) is 1.27. The van der Waals surface area contributed by atoms with Crippen LogP contribution in [0.25, 0.3) is 0 Å². The fourth-order valence-corrected chi connectivity index (χ4v) is 3.14. The van der Waals surface area contributed by atoms with Crippen LogP contribution in [0.3, 0.4) is 0 Å². The van der Waals surface area contributed by atoms with Gasteiger partial charge in [-0.25, -0.2) is 9.97 Å². The standard InChI is InChI=1S/C19H24N6O2/c1-23(2)17(26)14-11-21-19(24(3)4)22-16(14)13-8-10-25(12-13)18(27)15-7-5-6-9-20-15/h5-7,9,11,13H,8,10,12H2,1-4H3. The Labute approximate surface area is 158 Å². The molecule has 0 aromatic carbocycles. The minimum atomic E-state index is -0.134. The third-order valence-corrected chi connectivity index (χ3v) is 4.59. The van der Waals surface area contributed by atoms with Gasteiger partial charge in [0.05, 0.1) is 11.3 Å². The second kappa shape index (κ2) is 7.69. The lowest BCUT2D eigenvalue weighted by Gasteiger charge is -2.20. The summed E-state index contributed by atoms with van der Waals surface area (Å²) in [6, 6.07) is 5.30. The van der Waals surface area contributed by atoms with Crippen LogP contribution < -0.4 is 4.90 Å². The Balaban J connectivity index is 1.88. The van der Waals surface area contributed by atoms with Gasteiger partial charge in [0.15, 0.2) is 0 Å². The van der Waals surface area contributed by atoms with Gasteiger partial charge < -0.3 is 14.7 Å². The lowest BCUT2D eigenvalue weighted by molar-refractivity contribution is 0.0784. The van der Waals surface area contributed by atoms with Gasteiger partial charge in [0, 0.05) is 59.6 Å². The Morgan fingerprint density at radius 2 is 1.93 bits per heavy atom. The Morgan fingerprint density at radius 3 is 2.56 bits per heavy atom. The number of hydrogen-bond donors (Lipinski definition) is 0. The first-order valence-electron chi connectivity index (χ1n) is 8.84. The first-order valence-corrected chi connectivity index (χ1v) is 8.84. The van der Waals surface area contributed by atoms with Gasteiger partial charge in [-0.15, -0.1) is 0 Å². The van der Waals surface area contributed by atoms with Crippen LogP contribution in [0.4, 0.5) is 5.95 Å². The molecule has 1 unspecified atom stereocenters. The molecule has 0 spiro atoms. The van der Waals surface area contributed by atoms with E-state index >= 15 is 0 Å².